The van der Waals surface area contributed by atoms with Gasteiger partial charge in [0.25, 0.3) is 0 Å². The van der Waals surface area contributed by atoms with Crippen LogP contribution in [0.4, 0.5) is 0 Å². The van der Waals surface area contributed by atoms with Gasteiger partial charge in [0.2, 0.25) is 5.91 Å². The third kappa shape index (κ3) is 8.39. The van der Waals surface area contributed by atoms with E-state index in [0.29, 0.717) is 13.0 Å². The smallest absolute Gasteiger partial charge is 0.236 e. The predicted octanol–water partition coefficient (Wildman–Crippen LogP) is 0.652. The molecule has 0 fully saturated rings. The molecule has 15 heavy (non-hydrogen) atoms. The highest BCUT2D eigenvalue weighted by Crippen LogP contribution is 2.05. The van der Waals surface area contributed by atoms with Crippen LogP contribution in [0.25, 0.3) is 0 Å². The molecule has 0 aromatic carbocycles. The molecule has 0 spiro atoms. The van der Waals surface area contributed by atoms with Gasteiger partial charge in [-0.15, -0.1) is 0 Å². The van der Waals surface area contributed by atoms with Gasteiger partial charge >= 0.3 is 0 Å². The zero-order valence-electron chi connectivity index (χ0n) is 10.3. The number of carbonyl (C=O) groups is 1. The molecule has 0 aromatic heterocycles. The molecule has 0 aromatic rings. The van der Waals surface area contributed by atoms with Gasteiger partial charge in [-0.3, -0.25) is 4.79 Å². The highest BCUT2D eigenvalue weighted by Gasteiger charge is 2.15. The molecular formula is C11H24N2O2. The van der Waals surface area contributed by atoms with Crippen molar-refractivity contribution in [2.45, 2.75) is 52.2 Å². The molecule has 4 nitrogen and oxygen atoms in total. The number of hydrogen-bond acceptors (Lipinski definition) is 3. The van der Waals surface area contributed by atoms with Crippen molar-refractivity contribution in [3.63, 3.8) is 0 Å². The summed E-state index contributed by atoms with van der Waals surface area (Å²) < 4.78 is 0. The summed E-state index contributed by atoms with van der Waals surface area (Å²) in [7, 11) is 0. The molecule has 1 unspecified atom stereocenters. The van der Waals surface area contributed by atoms with Gasteiger partial charge in [0.05, 0.1) is 11.6 Å². The summed E-state index contributed by atoms with van der Waals surface area (Å²) >= 11 is 0. The number of nitrogens with one attached hydrogen (secondary N) is 2. The number of carbonyl (C=O) groups excluding carboxylic acids is 1. The summed E-state index contributed by atoms with van der Waals surface area (Å²) in [6.07, 6.45) is 1.58. The van der Waals surface area contributed by atoms with Crippen LogP contribution >= 0.6 is 0 Å². The van der Waals surface area contributed by atoms with Crippen LogP contribution < -0.4 is 10.6 Å². The standard InChI is InChI=1S/C11H24N2O2/c1-5-7-13-10(14)9(2)12-8-6-11(3,4)15/h9,12,15H,5-8H2,1-4H3,(H,13,14). The van der Waals surface area contributed by atoms with Gasteiger partial charge in [-0.1, -0.05) is 6.92 Å². The highest BCUT2D eigenvalue weighted by atomic mass is 16.3. The Bertz CT molecular complexity index is 188. The van der Waals surface area contributed by atoms with Crippen LogP contribution in [0, 0.1) is 0 Å². The number of rotatable bonds is 7. The maximum Gasteiger partial charge on any atom is 0.236 e. The van der Waals surface area contributed by atoms with Crippen LogP contribution in [0.3, 0.4) is 0 Å². The second-order valence-electron chi connectivity index (χ2n) is 4.53. The van der Waals surface area contributed by atoms with Crippen LogP contribution in [0.2, 0.25) is 0 Å². The van der Waals surface area contributed by atoms with Crippen LogP contribution in [0.5, 0.6) is 0 Å². The lowest BCUT2D eigenvalue weighted by Gasteiger charge is -2.19. The predicted molar refractivity (Wildman–Crippen MR) is 61.7 cm³/mol. The van der Waals surface area contributed by atoms with Gasteiger partial charge in [-0.2, -0.15) is 0 Å². The van der Waals surface area contributed by atoms with E-state index in [1.54, 1.807) is 13.8 Å². The van der Waals surface area contributed by atoms with Crippen molar-refractivity contribution < 1.29 is 9.90 Å². The number of hydrogen-bond donors (Lipinski definition) is 3. The SMILES string of the molecule is CCCNC(=O)C(C)NCCC(C)(C)O. The molecule has 0 rings (SSSR count). The summed E-state index contributed by atoms with van der Waals surface area (Å²) in [4.78, 5) is 11.4. The lowest BCUT2D eigenvalue weighted by atomic mass is 10.1. The van der Waals surface area contributed by atoms with Gasteiger partial charge < -0.3 is 15.7 Å². The molecule has 1 amide bonds. The quantitative estimate of drug-likeness (QED) is 0.585. The average Bonchev–Trinajstić information content (AvgIpc) is 2.11. The first-order valence-electron chi connectivity index (χ1n) is 5.60. The van der Waals surface area contributed by atoms with Crippen molar-refractivity contribution in [1.82, 2.24) is 10.6 Å². The Labute approximate surface area is 92.4 Å². The molecule has 0 aliphatic carbocycles. The Hall–Kier alpha value is -0.610. The van der Waals surface area contributed by atoms with Gasteiger partial charge in [-0.25, -0.2) is 0 Å². The largest absolute Gasteiger partial charge is 0.390 e. The lowest BCUT2D eigenvalue weighted by Crippen LogP contribution is -2.43. The van der Waals surface area contributed by atoms with E-state index in [1.165, 1.54) is 0 Å². The van der Waals surface area contributed by atoms with Crippen molar-refractivity contribution in [2.24, 2.45) is 0 Å². The molecule has 3 N–H and O–H groups in total. The summed E-state index contributed by atoms with van der Waals surface area (Å²) in [5.41, 5.74) is -0.674. The third-order valence-electron chi connectivity index (χ3n) is 2.13. The molecule has 0 heterocycles. The normalized spacial score (nSPS) is 13.7. The molecule has 0 radical (unpaired) electrons. The van der Waals surface area contributed by atoms with Crippen LogP contribution in [0.15, 0.2) is 0 Å². The van der Waals surface area contributed by atoms with Crippen LogP contribution in [0.1, 0.15) is 40.5 Å². The fourth-order valence-corrected chi connectivity index (χ4v) is 1.09. The molecule has 4 heteroatoms. The lowest BCUT2D eigenvalue weighted by molar-refractivity contribution is -0.122. The monoisotopic (exact) mass is 216 g/mol. The van der Waals surface area contributed by atoms with Crippen molar-refractivity contribution in [2.75, 3.05) is 13.1 Å². The van der Waals surface area contributed by atoms with E-state index in [2.05, 4.69) is 10.6 Å². The van der Waals surface area contributed by atoms with Gasteiger partial charge in [0, 0.05) is 6.54 Å². The molecule has 0 aliphatic heterocycles. The first-order chi connectivity index (χ1) is 6.87. The molecule has 0 saturated carbocycles. The second-order valence-corrected chi connectivity index (χ2v) is 4.53. The van der Waals surface area contributed by atoms with Gasteiger partial charge in [0.15, 0.2) is 0 Å². The van der Waals surface area contributed by atoms with Crippen molar-refractivity contribution >= 4 is 5.91 Å². The van der Waals surface area contributed by atoms with E-state index in [1.807, 2.05) is 13.8 Å². The number of amides is 1. The Morgan fingerprint density at radius 2 is 2.00 bits per heavy atom. The Kier molecular flexibility index (Phi) is 6.52. The Morgan fingerprint density at radius 3 is 2.47 bits per heavy atom. The molecule has 90 valence electrons. The fourth-order valence-electron chi connectivity index (χ4n) is 1.09. The van der Waals surface area contributed by atoms with Crippen molar-refractivity contribution in [1.29, 1.82) is 0 Å². The van der Waals surface area contributed by atoms with Crippen LogP contribution in [-0.2, 0) is 4.79 Å². The molecular weight excluding hydrogens is 192 g/mol. The summed E-state index contributed by atoms with van der Waals surface area (Å²) in [6.45, 7) is 8.73. The van der Waals surface area contributed by atoms with E-state index in [9.17, 15) is 9.90 Å². The first kappa shape index (κ1) is 14.4. The second kappa shape index (κ2) is 6.80. The van der Waals surface area contributed by atoms with E-state index in [-0.39, 0.29) is 11.9 Å². The van der Waals surface area contributed by atoms with Crippen molar-refractivity contribution in [3.05, 3.63) is 0 Å². The molecule has 0 aliphatic rings. The summed E-state index contributed by atoms with van der Waals surface area (Å²) in [6, 6.07) is -0.195. The topological polar surface area (TPSA) is 61.4 Å². The summed E-state index contributed by atoms with van der Waals surface area (Å²) in [5.74, 6) is 0.0209. The molecule has 1 atom stereocenters. The first-order valence-corrected chi connectivity index (χ1v) is 5.60. The molecule has 0 bridgehead atoms. The van der Waals surface area contributed by atoms with E-state index in [4.69, 9.17) is 0 Å². The summed E-state index contributed by atoms with van der Waals surface area (Å²) in [5, 5.41) is 15.4. The van der Waals surface area contributed by atoms with E-state index >= 15 is 0 Å². The fraction of sp³-hybridized carbons (Fsp3) is 0.909. The minimum Gasteiger partial charge on any atom is -0.390 e. The minimum atomic E-state index is -0.674. The maximum absolute atomic E-state index is 11.4. The van der Waals surface area contributed by atoms with Crippen LogP contribution in [-0.4, -0.2) is 35.7 Å². The Balaban J connectivity index is 3.64. The minimum absolute atomic E-state index is 0.0209. The number of aliphatic hydroxyl groups is 1. The molecule has 0 saturated heterocycles. The highest BCUT2D eigenvalue weighted by molar-refractivity contribution is 5.81. The van der Waals surface area contributed by atoms with E-state index in [0.717, 1.165) is 13.0 Å². The van der Waals surface area contributed by atoms with E-state index < -0.39 is 5.60 Å². The zero-order valence-corrected chi connectivity index (χ0v) is 10.3. The maximum atomic E-state index is 11.4. The zero-order chi connectivity index (χ0) is 11.9. The van der Waals surface area contributed by atoms with Gasteiger partial charge in [-0.05, 0) is 40.2 Å². The average molecular weight is 216 g/mol. The van der Waals surface area contributed by atoms with Crippen molar-refractivity contribution in [3.8, 4) is 0 Å². The third-order valence-corrected chi connectivity index (χ3v) is 2.13. The van der Waals surface area contributed by atoms with Gasteiger partial charge in [0.1, 0.15) is 0 Å². The Morgan fingerprint density at radius 1 is 1.40 bits per heavy atom.